The van der Waals surface area contributed by atoms with E-state index in [9.17, 15) is 4.79 Å². The Bertz CT molecular complexity index is 978. The number of hydrogen-bond acceptors (Lipinski definition) is 4. The van der Waals surface area contributed by atoms with Crippen LogP contribution in [-0.4, -0.2) is 27.4 Å². The molecule has 0 fully saturated rings. The minimum Gasteiger partial charge on any atom is -0.497 e. The standard InChI is InChI=1S/C25H30N2O2S/c1-18-15-22(27(26-18)21-9-7-6-8-10-21)16-24(28)19(2)25(3,4)30-17-20-11-13-23(29-5)14-12-20/h6-15,19H,16-17H2,1-5H3/t19-/m1/s1. The molecule has 0 saturated carbocycles. The lowest BCUT2D eigenvalue weighted by molar-refractivity contribution is -0.122. The van der Waals surface area contributed by atoms with Crippen LogP contribution in [0.15, 0.2) is 60.7 Å². The van der Waals surface area contributed by atoms with E-state index in [1.807, 2.05) is 78.8 Å². The van der Waals surface area contributed by atoms with Gasteiger partial charge in [0.05, 0.1) is 24.2 Å². The summed E-state index contributed by atoms with van der Waals surface area (Å²) in [7, 11) is 1.67. The highest BCUT2D eigenvalue weighted by Gasteiger charge is 2.32. The second kappa shape index (κ2) is 9.52. The molecule has 0 radical (unpaired) electrons. The van der Waals surface area contributed by atoms with Crippen LogP contribution in [0.1, 0.15) is 37.7 Å². The highest BCUT2D eigenvalue weighted by Crippen LogP contribution is 2.36. The van der Waals surface area contributed by atoms with Crippen molar-refractivity contribution in [2.75, 3.05) is 7.11 Å². The number of nitrogens with zero attached hydrogens (tertiary/aromatic N) is 2. The van der Waals surface area contributed by atoms with E-state index in [4.69, 9.17) is 4.74 Å². The molecule has 1 aromatic heterocycles. The van der Waals surface area contributed by atoms with Crippen molar-refractivity contribution in [2.24, 2.45) is 5.92 Å². The maximum atomic E-state index is 13.2. The summed E-state index contributed by atoms with van der Waals surface area (Å²) >= 11 is 1.81. The van der Waals surface area contributed by atoms with Crippen molar-refractivity contribution in [3.8, 4) is 11.4 Å². The highest BCUT2D eigenvalue weighted by atomic mass is 32.2. The second-order valence-electron chi connectivity index (χ2n) is 8.13. The summed E-state index contributed by atoms with van der Waals surface area (Å²) in [5.74, 6) is 1.87. The van der Waals surface area contributed by atoms with Crippen molar-refractivity contribution in [3.05, 3.63) is 77.6 Å². The van der Waals surface area contributed by atoms with Gasteiger partial charge in [0.15, 0.2) is 0 Å². The van der Waals surface area contributed by atoms with E-state index in [2.05, 4.69) is 31.1 Å². The molecule has 158 valence electrons. The Balaban J connectivity index is 1.67. The van der Waals surface area contributed by atoms with Crippen LogP contribution in [0.4, 0.5) is 0 Å². The molecule has 0 saturated heterocycles. The van der Waals surface area contributed by atoms with Crippen molar-refractivity contribution < 1.29 is 9.53 Å². The molecular weight excluding hydrogens is 392 g/mol. The number of ketones is 1. The SMILES string of the molecule is COc1ccc(CSC(C)(C)[C@H](C)C(=O)Cc2cc(C)nn2-c2ccccc2)cc1. The number of ether oxygens (including phenoxy) is 1. The molecule has 0 aliphatic heterocycles. The van der Waals surface area contributed by atoms with Gasteiger partial charge < -0.3 is 4.74 Å². The predicted molar refractivity (Wildman–Crippen MR) is 125 cm³/mol. The third-order valence-corrected chi connectivity index (χ3v) is 7.13. The lowest BCUT2D eigenvalue weighted by atomic mass is 9.90. The summed E-state index contributed by atoms with van der Waals surface area (Å²) in [4.78, 5) is 13.2. The molecule has 1 atom stereocenters. The molecular formula is C25H30N2O2S. The van der Waals surface area contributed by atoms with Crippen LogP contribution in [0.5, 0.6) is 5.75 Å². The number of para-hydroxylation sites is 1. The second-order valence-corrected chi connectivity index (χ2v) is 9.76. The fraction of sp³-hybridized carbons (Fsp3) is 0.360. The van der Waals surface area contributed by atoms with Gasteiger partial charge in [-0.1, -0.05) is 37.3 Å². The number of benzene rings is 2. The van der Waals surface area contributed by atoms with Crippen molar-refractivity contribution in [1.29, 1.82) is 0 Å². The Hall–Kier alpha value is -2.53. The molecule has 4 nitrogen and oxygen atoms in total. The van der Waals surface area contributed by atoms with Gasteiger partial charge in [-0.25, -0.2) is 4.68 Å². The van der Waals surface area contributed by atoms with Gasteiger partial charge >= 0.3 is 0 Å². The summed E-state index contributed by atoms with van der Waals surface area (Å²) in [5.41, 5.74) is 4.06. The average Bonchev–Trinajstić information content (AvgIpc) is 3.12. The van der Waals surface area contributed by atoms with E-state index in [0.717, 1.165) is 28.6 Å². The third-order valence-electron chi connectivity index (χ3n) is 5.56. The number of methoxy groups -OCH3 is 1. The van der Waals surface area contributed by atoms with Gasteiger partial charge in [0, 0.05) is 22.8 Å². The highest BCUT2D eigenvalue weighted by molar-refractivity contribution is 7.99. The summed E-state index contributed by atoms with van der Waals surface area (Å²) in [6.07, 6.45) is 0.378. The molecule has 3 rings (SSSR count). The molecule has 0 aliphatic rings. The zero-order chi connectivity index (χ0) is 21.7. The Morgan fingerprint density at radius 2 is 1.80 bits per heavy atom. The number of aromatic nitrogens is 2. The zero-order valence-electron chi connectivity index (χ0n) is 18.4. The van der Waals surface area contributed by atoms with Gasteiger partial charge in [0.25, 0.3) is 0 Å². The summed E-state index contributed by atoms with van der Waals surface area (Å²) in [6, 6.07) is 20.1. The third kappa shape index (κ3) is 5.33. The van der Waals surface area contributed by atoms with E-state index < -0.39 is 0 Å². The van der Waals surface area contributed by atoms with E-state index in [-0.39, 0.29) is 16.4 Å². The Morgan fingerprint density at radius 1 is 1.13 bits per heavy atom. The maximum absolute atomic E-state index is 13.2. The Kier molecular flexibility index (Phi) is 7.03. The molecule has 0 N–H and O–H groups in total. The molecule has 30 heavy (non-hydrogen) atoms. The van der Waals surface area contributed by atoms with Crippen LogP contribution >= 0.6 is 11.8 Å². The molecule has 0 unspecified atom stereocenters. The van der Waals surface area contributed by atoms with Gasteiger partial charge in [-0.05, 0) is 56.7 Å². The molecule has 0 aliphatic carbocycles. The summed E-state index contributed by atoms with van der Waals surface area (Å²) < 4.78 is 6.94. The van der Waals surface area contributed by atoms with Crippen molar-refractivity contribution in [3.63, 3.8) is 0 Å². The quantitative estimate of drug-likeness (QED) is 0.447. The van der Waals surface area contributed by atoms with Gasteiger partial charge in [0.2, 0.25) is 0 Å². The van der Waals surface area contributed by atoms with Crippen molar-refractivity contribution in [2.45, 2.75) is 44.6 Å². The maximum Gasteiger partial charge on any atom is 0.142 e. The molecule has 0 bridgehead atoms. The van der Waals surface area contributed by atoms with Crippen LogP contribution in [0.3, 0.4) is 0 Å². The number of aryl methyl sites for hydroxylation is 1. The number of carbonyl (C=O) groups excluding carboxylic acids is 1. The van der Waals surface area contributed by atoms with Crippen LogP contribution in [0.2, 0.25) is 0 Å². The first-order chi connectivity index (χ1) is 14.3. The molecule has 2 aromatic carbocycles. The fourth-order valence-electron chi connectivity index (χ4n) is 3.31. The molecule has 0 spiro atoms. The zero-order valence-corrected chi connectivity index (χ0v) is 19.2. The van der Waals surface area contributed by atoms with Gasteiger partial charge in [-0.15, -0.1) is 0 Å². The number of thioether (sulfide) groups is 1. The smallest absolute Gasteiger partial charge is 0.142 e. The Morgan fingerprint density at radius 3 is 2.43 bits per heavy atom. The summed E-state index contributed by atoms with van der Waals surface area (Å²) in [5, 5.41) is 4.59. The van der Waals surface area contributed by atoms with E-state index in [1.165, 1.54) is 5.56 Å². The lowest BCUT2D eigenvalue weighted by Crippen LogP contribution is -2.33. The summed E-state index contributed by atoms with van der Waals surface area (Å²) in [6.45, 7) is 8.32. The van der Waals surface area contributed by atoms with Crippen LogP contribution in [0, 0.1) is 12.8 Å². The average molecular weight is 423 g/mol. The minimum atomic E-state index is -0.177. The van der Waals surface area contributed by atoms with E-state index in [0.29, 0.717) is 6.42 Å². The number of rotatable bonds is 9. The van der Waals surface area contributed by atoms with E-state index in [1.54, 1.807) is 7.11 Å². The number of Topliss-reactive ketones (excluding diaryl/α,β-unsaturated/α-hetero) is 1. The minimum absolute atomic E-state index is 0.0832. The predicted octanol–water partition coefficient (Wildman–Crippen LogP) is 5.65. The Labute approximate surface area is 183 Å². The van der Waals surface area contributed by atoms with Gasteiger partial charge in [0.1, 0.15) is 11.5 Å². The first-order valence-electron chi connectivity index (χ1n) is 10.2. The van der Waals surface area contributed by atoms with Crippen LogP contribution in [0.25, 0.3) is 5.69 Å². The number of carbonyl (C=O) groups is 1. The van der Waals surface area contributed by atoms with Crippen molar-refractivity contribution >= 4 is 17.5 Å². The van der Waals surface area contributed by atoms with Crippen molar-refractivity contribution in [1.82, 2.24) is 9.78 Å². The van der Waals surface area contributed by atoms with Gasteiger partial charge in [-0.3, -0.25) is 4.79 Å². The lowest BCUT2D eigenvalue weighted by Gasteiger charge is -2.30. The molecule has 1 heterocycles. The normalized spacial score (nSPS) is 12.6. The first kappa shape index (κ1) is 22.2. The van der Waals surface area contributed by atoms with Crippen LogP contribution in [-0.2, 0) is 17.0 Å². The van der Waals surface area contributed by atoms with Crippen LogP contribution < -0.4 is 4.74 Å². The largest absolute Gasteiger partial charge is 0.497 e. The monoisotopic (exact) mass is 422 g/mol. The number of hydrogen-bond donors (Lipinski definition) is 0. The fourth-order valence-corrected chi connectivity index (χ4v) is 4.42. The molecule has 0 amide bonds. The molecule has 5 heteroatoms. The topological polar surface area (TPSA) is 44.1 Å². The molecule has 3 aromatic rings. The van der Waals surface area contributed by atoms with E-state index >= 15 is 0 Å². The van der Waals surface area contributed by atoms with Gasteiger partial charge in [-0.2, -0.15) is 16.9 Å². The first-order valence-corrected chi connectivity index (χ1v) is 11.2.